The minimum absolute atomic E-state index is 0.0214. The molecule has 3 N–H and O–H groups in total. The van der Waals surface area contributed by atoms with E-state index in [2.05, 4.69) is 20.9 Å². The number of nitro groups is 1. The number of anilines is 2. The van der Waals surface area contributed by atoms with E-state index in [0.717, 1.165) is 18.5 Å². The molecule has 158 valence electrons. The molecule has 30 heavy (non-hydrogen) atoms. The van der Waals surface area contributed by atoms with Crippen molar-refractivity contribution >= 4 is 29.0 Å². The van der Waals surface area contributed by atoms with Gasteiger partial charge in [-0.3, -0.25) is 19.8 Å². The van der Waals surface area contributed by atoms with Crippen molar-refractivity contribution in [3.8, 4) is 0 Å². The molecule has 0 spiro atoms. The van der Waals surface area contributed by atoms with Crippen LogP contribution in [0, 0.1) is 10.1 Å². The van der Waals surface area contributed by atoms with Crippen molar-refractivity contribution in [3.63, 3.8) is 0 Å². The molecule has 1 fully saturated rings. The number of likely N-dealkylation sites (tertiary alicyclic amines) is 1. The van der Waals surface area contributed by atoms with Gasteiger partial charge in [-0.15, -0.1) is 0 Å². The largest absolute Gasteiger partial charge is 0.335 e. The Bertz CT molecular complexity index is 880. The van der Waals surface area contributed by atoms with Crippen LogP contribution in [0.15, 0.2) is 54.6 Å². The predicted octanol–water partition coefficient (Wildman–Crippen LogP) is 3.21. The quantitative estimate of drug-likeness (QED) is 0.498. The highest BCUT2D eigenvalue weighted by atomic mass is 16.6. The Labute approximate surface area is 174 Å². The van der Waals surface area contributed by atoms with E-state index in [1.807, 2.05) is 37.3 Å². The number of carbonyl (C=O) groups excluding carboxylic acids is 2. The molecule has 0 radical (unpaired) electrons. The smallest absolute Gasteiger partial charge is 0.319 e. The first kappa shape index (κ1) is 21.3. The summed E-state index contributed by atoms with van der Waals surface area (Å²) in [5, 5.41) is 19.3. The maximum Gasteiger partial charge on any atom is 0.319 e. The molecule has 1 unspecified atom stereocenters. The average Bonchev–Trinajstić information content (AvgIpc) is 2.74. The molecule has 1 aliphatic rings. The van der Waals surface area contributed by atoms with Gasteiger partial charge in [-0.2, -0.15) is 0 Å². The Morgan fingerprint density at radius 3 is 2.20 bits per heavy atom. The Morgan fingerprint density at radius 1 is 1.00 bits per heavy atom. The fourth-order valence-corrected chi connectivity index (χ4v) is 3.38. The van der Waals surface area contributed by atoms with Gasteiger partial charge in [0.2, 0.25) is 5.91 Å². The van der Waals surface area contributed by atoms with Gasteiger partial charge in [0, 0.05) is 42.6 Å². The molecule has 3 amide bonds. The second kappa shape index (κ2) is 9.84. The Balaban J connectivity index is 1.44. The average molecular weight is 411 g/mol. The zero-order valence-corrected chi connectivity index (χ0v) is 16.7. The van der Waals surface area contributed by atoms with E-state index >= 15 is 0 Å². The number of benzene rings is 2. The Kier molecular flexibility index (Phi) is 6.97. The highest BCUT2D eigenvalue weighted by molar-refractivity contribution is 5.94. The van der Waals surface area contributed by atoms with Crippen molar-refractivity contribution in [1.29, 1.82) is 0 Å². The van der Waals surface area contributed by atoms with Gasteiger partial charge < -0.3 is 16.0 Å². The first-order chi connectivity index (χ1) is 14.4. The van der Waals surface area contributed by atoms with Crippen LogP contribution >= 0.6 is 0 Å². The van der Waals surface area contributed by atoms with Gasteiger partial charge in [-0.25, -0.2) is 4.79 Å². The lowest BCUT2D eigenvalue weighted by Crippen LogP contribution is -2.51. The van der Waals surface area contributed by atoms with E-state index in [9.17, 15) is 19.7 Å². The van der Waals surface area contributed by atoms with Gasteiger partial charge in [0.25, 0.3) is 5.69 Å². The van der Waals surface area contributed by atoms with Gasteiger partial charge in [-0.05, 0) is 44.0 Å². The van der Waals surface area contributed by atoms with E-state index in [1.165, 1.54) is 24.3 Å². The van der Waals surface area contributed by atoms with Crippen LogP contribution in [0.4, 0.5) is 21.9 Å². The van der Waals surface area contributed by atoms with Crippen LogP contribution in [0.25, 0.3) is 0 Å². The fourth-order valence-electron chi connectivity index (χ4n) is 3.38. The number of nitrogens with zero attached hydrogens (tertiary/aromatic N) is 2. The summed E-state index contributed by atoms with van der Waals surface area (Å²) < 4.78 is 0. The van der Waals surface area contributed by atoms with Crippen molar-refractivity contribution in [2.75, 3.05) is 23.7 Å². The van der Waals surface area contributed by atoms with Crippen LogP contribution in [0.1, 0.15) is 19.8 Å². The summed E-state index contributed by atoms with van der Waals surface area (Å²) in [6.07, 6.45) is 1.49. The third-order valence-corrected chi connectivity index (χ3v) is 5.17. The third kappa shape index (κ3) is 5.77. The number of nitro benzene ring substituents is 1. The summed E-state index contributed by atoms with van der Waals surface area (Å²) in [6, 6.07) is 14.5. The molecule has 1 heterocycles. The second-order valence-corrected chi connectivity index (χ2v) is 7.24. The standard InChI is InChI=1S/C21H25N5O4/c1-15(20(27)22-17-7-9-19(10-8-17)26(29)30)25-13-11-18(12-14-25)24-21(28)23-16-5-3-2-4-6-16/h2-10,15,18H,11-14H2,1H3,(H,22,27)(H2,23,24,28). The predicted molar refractivity (Wildman–Crippen MR) is 114 cm³/mol. The van der Waals surface area contributed by atoms with Gasteiger partial charge in [-0.1, -0.05) is 18.2 Å². The number of para-hydroxylation sites is 1. The molecule has 1 saturated heterocycles. The number of non-ortho nitro benzene ring substituents is 1. The van der Waals surface area contributed by atoms with Gasteiger partial charge >= 0.3 is 6.03 Å². The van der Waals surface area contributed by atoms with Gasteiger partial charge in [0.05, 0.1) is 11.0 Å². The summed E-state index contributed by atoms with van der Waals surface area (Å²) in [7, 11) is 0. The zero-order valence-electron chi connectivity index (χ0n) is 16.7. The zero-order chi connectivity index (χ0) is 21.5. The summed E-state index contributed by atoms with van der Waals surface area (Å²) in [4.78, 5) is 37.0. The highest BCUT2D eigenvalue weighted by Crippen LogP contribution is 2.18. The molecule has 0 saturated carbocycles. The lowest BCUT2D eigenvalue weighted by atomic mass is 10.0. The number of nitrogens with one attached hydrogen (secondary N) is 3. The second-order valence-electron chi connectivity index (χ2n) is 7.24. The third-order valence-electron chi connectivity index (χ3n) is 5.17. The monoisotopic (exact) mass is 411 g/mol. The Hall–Kier alpha value is -3.46. The summed E-state index contributed by atoms with van der Waals surface area (Å²) >= 11 is 0. The molecule has 0 aromatic heterocycles. The maximum atomic E-state index is 12.5. The topological polar surface area (TPSA) is 117 Å². The number of hydrogen-bond acceptors (Lipinski definition) is 5. The van der Waals surface area contributed by atoms with Gasteiger partial charge in [0.1, 0.15) is 0 Å². The lowest BCUT2D eigenvalue weighted by Gasteiger charge is -2.35. The van der Waals surface area contributed by atoms with E-state index in [4.69, 9.17) is 0 Å². The SMILES string of the molecule is CC(C(=O)Nc1ccc([N+](=O)[O-])cc1)N1CCC(NC(=O)Nc2ccccc2)CC1. The molecular weight excluding hydrogens is 386 g/mol. The van der Waals surface area contributed by atoms with E-state index in [1.54, 1.807) is 0 Å². The summed E-state index contributed by atoms with van der Waals surface area (Å²) in [5.74, 6) is -0.169. The van der Waals surface area contributed by atoms with Crippen molar-refractivity contribution < 1.29 is 14.5 Å². The van der Waals surface area contributed by atoms with E-state index in [0.29, 0.717) is 18.8 Å². The van der Waals surface area contributed by atoms with Crippen LogP contribution in [-0.2, 0) is 4.79 Å². The molecule has 9 nitrogen and oxygen atoms in total. The van der Waals surface area contributed by atoms with Crippen LogP contribution in [0.2, 0.25) is 0 Å². The molecule has 0 aliphatic carbocycles. The van der Waals surface area contributed by atoms with Crippen molar-refractivity contribution in [2.24, 2.45) is 0 Å². The Morgan fingerprint density at radius 2 is 1.60 bits per heavy atom. The molecule has 2 aromatic rings. The van der Waals surface area contributed by atoms with Crippen LogP contribution < -0.4 is 16.0 Å². The number of rotatable bonds is 6. The fraction of sp³-hybridized carbons (Fsp3) is 0.333. The normalized spacial score (nSPS) is 15.8. The minimum atomic E-state index is -0.480. The molecule has 9 heteroatoms. The number of urea groups is 1. The van der Waals surface area contributed by atoms with Crippen molar-refractivity contribution in [2.45, 2.75) is 31.8 Å². The number of piperidine rings is 1. The van der Waals surface area contributed by atoms with Crippen LogP contribution in [0.5, 0.6) is 0 Å². The summed E-state index contributed by atoms with van der Waals surface area (Å²) in [6.45, 7) is 3.20. The number of amides is 3. The van der Waals surface area contributed by atoms with Crippen LogP contribution in [-0.4, -0.2) is 46.9 Å². The first-order valence-electron chi connectivity index (χ1n) is 9.84. The van der Waals surface area contributed by atoms with Crippen molar-refractivity contribution in [3.05, 3.63) is 64.7 Å². The first-order valence-corrected chi connectivity index (χ1v) is 9.84. The molecule has 1 aliphatic heterocycles. The molecule has 2 aromatic carbocycles. The summed E-state index contributed by atoms with van der Waals surface area (Å²) in [5.41, 5.74) is 1.24. The van der Waals surface area contributed by atoms with E-state index < -0.39 is 4.92 Å². The van der Waals surface area contributed by atoms with Crippen LogP contribution in [0.3, 0.4) is 0 Å². The molecule has 0 bridgehead atoms. The van der Waals surface area contributed by atoms with E-state index in [-0.39, 0.29) is 29.7 Å². The molecular formula is C21H25N5O4. The minimum Gasteiger partial charge on any atom is -0.335 e. The van der Waals surface area contributed by atoms with Gasteiger partial charge in [0.15, 0.2) is 0 Å². The molecule has 3 rings (SSSR count). The molecule has 1 atom stereocenters. The maximum absolute atomic E-state index is 12.5. The number of hydrogen-bond donors (Lipinski definition) is 3. The number of carbonyl (C=O) groups is 2. The lowest BCUT2D eigenvalue weighted by molar-refractivity contribution is -0.384. The van der Waals surface area contributed by atoms with Crippen molar-refractivity contribution in [1.82, 2.24) is 10.2 Å². The highest BCUT2D eigenvalue weighted by Gasteiger charge is 2.27.